The summed E-state index contributed by atoms with van der Waals surface area (Å²) in [5, 5.41) is 2.20. The summed E-state index contributed by atoms with van der Waals surface area (Å²) < 4.78 is 2.03. The van der Waals surface area contributed by atoms with Gasteiger partial charge in [-0.1, -0.05) is 0 Å². The van der Waals surface area contributed by atoms with Crippen LogP contribution in [0.3, 0.4) is 0 Å². The second kappa shape index (κ2) is 7.60. The lowest BCUT2D eigenvalue weighted by molar-refractivity contribution is -0.131. The number of rotatable bonds is 3. The van der Waals surface area contributed by atoms with Gasteiger partial charge in [0.2, 0.25) is 5.91 Å². The number of hydrogen-bond donors (Lipinski definition) is 1. The summed E-state index contributed by atoms with van der Waals surface area (Å²) >= 11 is 4.30. The van der Waals surface area contributed by atoms with Gasteiger partial charge in [0, 0.05) is 13.4 Å². The molecule has 4 amide bonds. The van der Waals surface area contributed by atoms with E-state index in [1.165, 1.54) is 6.21 Å². The fourth-order valence-corrected chi connectivity index (χ4v) is 2.96. The first-order valence-electron chi connectivity index (χ1n) is 7.20. The number of carbonyl (C=O) groups excluding carboxylic acids is 3. The van der Waals surface area contributed by atoms with Gasteiger partial charge >= 0.3 is 6.03 Å². The molecular formula is C17H11I2N3O3. The smallest absolute Gasteiger partial charge is 0.276 e. The van der Waals surface area contributed by atoms with Crippen LogP contribution >= 0.6 is 45.2 Å². The SMILES string of the molecule is O=C1NC(=O)N(c2ccc(I)cc2)C(=O)[C@H]1C=Nc1ccc(I)cc1. The largest absolute Gasteiger partial charge is 0.335 e. The number of amides is 4. The molecule has 1 N–H and O–H groups in total. The Morgan fingerprint density at radius 2 is 1.48 bits per heavy atom. The zero-order chi connectivity index (χ0) is 18.0. The molecule has 126 valence electrons. The van der Waals surface area contributed by atoms with Gasteiger partial charge in [-0.3, -0.25) is 19.9 Å². The van der Waals surface area contributed by atoms with Crippen molar-refractivity contribution in [3.8, 4) is 0 Å². The lowest BCUT2D eigenvalue weighted by Gasteiger charge is -2.28. The number of urea groups is 1. The molecule has 1 saturated heterocycles. The molecule has 0 unspecified atom stereocenters. The Bertz CT molecular complexity index is 864. The van der Waals surface area contributed by atoms with E-state index in [0.29, 0.717) is 11.4 Å². The average Bonchev–Trinajstić information content (AvgIpc) is 2.57. The van der Waals surface area contributed by atoms with Crippen molar-refractivity contribution in [1.29, 1.82) is 0 Å². The number of imide groups is 2. The predicted octanol–water partition coefficient (Wildman–Crippen LogP) is 3.50. The van der Waals surface area contributed by atoms with Gasteiger partial charge in [-0.25, -0.2) is 9.69 Å². The molecular weight excluding hydrogens is 548 g/mol. The number of barbiturate groups is 1. The van der Waals surface area contributed by atoms with Crippen molar-refractivity contribution < 1.29 is 14.4 Å². The number of halogens is 2. The Labute approximate surface area is 171 Å². The highest BCUT2D eigenvalue weighted by molar-refractivity contribution is 14.1. The summed E-state index contributed by atoms with van der Waals surface area (Å²) in [6.45, 7) is 0. The fourth-order valence-electron chi connectivity index (χ4n) is 2.24. The third kappa shape index (κ3) is 4.06. The third-order valence-corrected chi connectivity index (χ3v) is 4.92. The minimum Gasteiger partial charge on any atom is -0.276 e. The highest BCUT2D eigenvalue weighted by Gasteiger charge is 2.40. The van der Waals surface area contributed by atoms with E-state index >= 15 is 0 Å². The first-order valence-corrected chi connectivity index (χ1v) is 9.35. The summed E-state index contributed by atoms with van der Waals surface area (Å²) in [7, 11) is 0. The molecule has 0 aromatic heterocycles. The van der Waals surface area contributed by atoms with Gasteiger partial charge in [0.05, 0.1) is 11.4 Å². The summed E-state index contributed by atoms with van der Waals surface area (Å²) in [6.07, 6.45) is 1.27. The molecule has 1 heterocycles. The van der Waals surface area contributed by atoms with Gasteiger partial charge in [-0.2, -0.15) is 0 Å². The molecule has 1 atom stereocenters. The molecule has 2 aromatic carbocycles. The molecule has 3 rings (SSSR count). The number of carbonyl (C=O) groups is 3. The van der Waals surface area contributed by atoms with Crippen molar-refractivity contribution in [2.24, 2.45) is 10.9 Å². The first-order chi connectivity index (χ1) is 12.0. The van der Waals surface area contributed by atoms with Crippen LogP contribution in [0.1, 0.15) is 0 Å². The van der Waals surface area contributed by atoms with E-state index in [2.05, 4.69) is 55.5 Å². The van der Waals surface area contributed by atoms with E-state index in [4.69, 9.17) is 0 Å². The maximum absolute atomic E-state index is 12.7. The zero-order valence-electron chi connectivity index (χ0n) is 12.6. The van der Waals surface area contributed by atoms with E-state index in [1.807, 2.05) is 12.1 Å². The monoisotopic (exact) mass is 559 g/mol. The van der Waals surface area contributed by atoms with Crippen molar-refractivity contribution in [2.45, 2.75) is 0 Å². The van der Waals surface area contributed by atoms with Gasteiger partial charge in [0.15, 0.2) is 5.92 Å². The van der Waals surface area contributed by atoms with Crippen LogP contribution in [0.2, 0.25) is 0 Å². The molecule has 0 radical (unpaired) electrons. The summed E-state index contributed by atoms with van der Waals surface area (Å²) in [6, 6.07) is 13.4. The van der Waals surface area contributed by atoms with Crippen LogP contribution in [-0.4, -0.2) is 24.1 Å². The Morgan fingerprint density at radius 3 is 2.08 bits per heavy atom. The Hall–Kier alpha value is -1.82. The maximum Gasteiger partial charge on any atom is 0.335 e. The maximum atomic E-state index is 12.7. The standard InChI is InChI=1S/C17H11I2N3O3/c18-10-1-5-12(6-2-10)20-9-14-15(23)21-17(25)22(16(14)24)13-7-3-11(19)4-8-13/h1-9,14H,(H,21,23,25)/t14-/m0/s1. The molecule has 0 aliphatic carbocycles. The number of hydrogen-bond acceptors (Lipinski definition) is 4. The van der Waals surface area contributed by atoms with Gasteiger partial charge in [-0.15, -0.1) is 0 Å². The van der Waals surface area contributed by atoms with Gasteiger partial charge in [-0.05, 0) is 93.7 Å². The van der Waals surface area contributed by atoms with Crippen LogP contribution < -0.4 is 10.2 Å². The van der Waals surface area contributed by atoms with Crippen LogP contribution in [0.5, 0.6) is 0 Å². The fraction of sp³-hybridized carbons (Fsp3) is 0.0588. The number of nitrogens with zero attached hydrogens (tertiary/aromatic N) is 2. The highest BCUT2D eigenvalue weighted by atomic mass is 127. The molecule has 1 fully saturated rings. The molecule has 8 heteroatoms. The Kier molecular flexibility index (Phi) is 5.47. The normalized spacial score (nSPS) is 17.9. The number of anilines is 1. The van der Waals surface area contributed by atoms with Crippen LogP contribution in [0.25, 0.3) is 0 Å². The van der Waals surface area contributed by atoms with E-state index in [1.54, 1.807) is 36.4 Å². The lowest BCUT2D eigenvalue weighted by atomic mass is 10.1. The summed E-state index contributed by atoms with van der Waals surface area (Å²) in [4.78, 5) is 41.9. The summed E-state index contributed by atoms with van der Waals surface area (Å²) in [5.41, 5.74) is 1.03. The van der Waals surface area contributed by atoms with Gasteiger partial charge in [0.25, 0.3) is 5.91 Å². The quantitative estimate of drug-likeness (QED) is 0.356. The zero-order valence-corrected chi connectivity index (χ0v) is 17.0. The number of aliphatic imine (C=N–C) groups is 1. The molecule has 25 heavy (non-hydrogen) atoms. The topological polar surface area (TPSA) is 78.8 Å². The summed E-state index contributed by atoms with van der Waals surface area (Å²) in [5.74, 6) is -2.45. The number of nitrogens with one attached hydrogen (secondary N) is 1. The number of benzene rings is 2. The molecule has 1 aliphatic rings. The van der Waals surface area contributed by atoms with Crippen LogP contribution in [0, 0.1) is 13.1 Å². The minimum atomic E-state index is -1.16. The second-order valence-corrected chi connectivity index (χ2v) is 7.67. The minimum absolute atomic E-state index is 0.406. The van der Waals surface area contributed by atoms with Crippen molar-refractivity contribution in [3.05, 3.63) is 55.7 Å². The molecule has 0 spiro atoms. The van der Waals surface area contributed by atoms with Crippen LogP contribution in [0.4, 0.5) is 16.2 Å². The van der Waals surface area contributed by atoms with Gasteiger partial charge in [0.1, 0.15) is 0 Å². The molecule has 1 aliphatic heterocycles. The lowest BCUT2D eigenvalue weighted by Crippen LogP contribution is -2.58. The van der Waals surface area contributed by atoms with Crippen molar-refractivity contribution in [2.75, 3.05) is 4.90 Å². The van der Waals surface area contributed by atoms with Crippen molar-refractivity contribution >= 4 is 80.6 Å². The van der Waals surface area contributed by atoms with Gasteiger partial charge < -0.3 is 0 Å². The molecule has 0 saturated carbocycles. The molecule has 6 nitrogen and oxygen atoms in total. The Balaban J connectivity index is 1.87. The third-order valence-electron chi connectivity index (χ3n) is 3.49. The second-order valence-electron chi connectivity index (χ2n) is 5.18. The van der Waals surface area contributed by atoms with E-state index in [-0.39, 0.29) is 0 Å². The first kappa shape index (κ1) is 18.0. The molecule has 2 aromatic rings. The van der Waals surface area contributed by atoms with E-state index < -0.39 is 23.8 Å². The van der Waals surface area contributed by atoms with Crippen molar-refractivity contribution in [1.82, 2.24) is 5.32 Å². The highest BCUT2D eigenvalue weighted by Crippen LogP contribution is 2.22. The van der Waals surface area contributed by atoms with E-state index in [9.17, 15) is 14.4 Å². The average molecular weight is 559 g/mol. The van der Waals surface area contributed by atoms with E-state index in [0.717, 1.165) is 12.0 Å². The van der Waals surface area contributed by atoms with Crippen molar-refractivity contribution in [3.63, 3.8) is 0 Å². The van der Waals surface area contributed by atoms with Crippen LogP contribution in [0.15, 0.2) is 53.5 Å². The predicted molar refractivity (Wildman–Crippen MR) is 111 cm³/mol. The van der Waals surface area contributed by atoms with Crippen LogP contribution in [-0.2, 0) is 9.59 Å². The molecule has 0 bridgehead atoms. The Morgan fingerprint density at radius 1 is 0.920 bits per heavy atom.